The fourth-order valence-electron chi connectivity index (χ4n) is 7.12. The Bertz CT molecular complexity index is 2330. The van der Waals surface area contributed by atoms with Crippen LogP contribution in [0.2, 0.25) is 0 Å². The van der Waals surface area contributed by atoms with Crippen molar-refractivity contribution in [1.82, 2.24) is 9.97 Å². The van der Waals surface area contributed by atoms with Gasteiger partial charge in [-0.05, 0) is 60.4 Å². The van der Waals surface area contributed by atoms with Crippen LogP contribution < -0.4 is 29.9 Å². The molecule has 0 spiro atoms. The minimum Gasteiger partial charge on any atom is -0.489 e. The Hall–Kier alpha value is -7.08. The zero-order chi connectivity index (χ0) is 41.1. The molecule has 2 aromatic heterocycles. The first-order valence-electron chi connectivity index (χ1n) is 19.6. The van der Waals surface area contributed by atoms with Crippen molar-refractivity contribution in [2.75, 3.05) is 53.8 Å². The zero-order valence-corrected chi connectivity index (χ0v) is 33.4. The van der Waals surface area contributed by atoms with Gasteiger partial charge in [-0.1, -0.05) is 84.9 Å². The molecule has 302 valence electrons. The van der Waals surface area contributed by atoms with Gasteiger partial charge in [0.25, 0.3) is 0 Å². The van der Waals surface area contributed by atoms with Crippen molar-refractivity contribution in [3.05, 3.63) is 167 Å². The highest BCUT2D eigenvalue weighted by Crippen LogP contribution is 2.40. The molecule has 6 aromatic rings. The summed E-state index contributed by atoms with van der Waals surface area (Å²) < 4.78 is 16.5. The maximum atomic E-state index is 11.7. The Morgan fingerprint density at radius 1 is 0.644 bits per heavy atom. The van der Waals surface area contributed by atoms with E-state index in [0.29, 0.717) is 18.8 Å². The molecule has 0 fully saturated rings. The van der Waals surface area contributed by atoms with E-state index in [-0.39, 0.29) is 23.6 Å². The van der Waals surface area contributed by atoms with Crippen molar-refractivity contribution >= 4 is 34.9 Å². The fraction of sp³-hybridized carbons (Fsp3) is 0.234. The third kappa shape index (κ3) is 9.90. The molecule has 0 unspecified atom stereocenters. The molecule has 2 aliphatic heterocycles. The van der Waals surface area contributed by atoms with Crippen LogP contribution in [0.4, 0.5) is 23.0 Å². The van der Waals surface area contributed by atoms with E-state index in [1.54, 1.807) is 36.7 Å². The number of fused-ring (bicyclic) bond motifs is 2. The molecule has 0 saturated heterocycles. The lowest BCUT2D eigenvalue weighted by molar-refractivity contribution is 0.0599. The molecule has 4 heterocycles. The van der Waals surface area contributed by atoms with E-state index in [1.807, 2.05) is 67.6 Å². The number of carboxylic acid groups (broad SMARTS) is 1. The van der Waals surface area contributed by atoms with Gasteiger partial charge in [-0.15, -0.1) is 0 Å². The minimum absolute atomic E-state index is 0.00352. The average Bonchev–Trinajstić information content (AvgIpc) is 3.27. The van der Waals surface area contributed by atoms with E-state index in [9.17, 15) is 9.59 Å². The van der Waals surface area contributed by atoms with Crippen molar-refractivity contribution in [1.29, 1.82) is 0 Å². The van der Waals surface area contributed by atoms with Crippen molar-refractivity contribution in [3.63, 3.8) is 0 Å². The second-order valence-electron chi connectivity index (χ2n) is 14.3. The van der Waals surface area contributed by atoms with Gasteiger partial charge >= 0.3 is 11.9 Å². The largest absolute Gasteiger partial charge is 0.489 e. The van der Waals surface area contributed by atoms with Crippen LogP contribution in [0.1, 0.15) is 68.9 Å². The molecule has 12 heteroatoms. The molecular formula is C47H48N6O6. The minimum atomic E-state index is -0.926. The maximum Gasteiger partial charge on any atom is 0.337 e. The summed E-state index contributed by atoms with van der Waals surface area (Å²) in [5, 5.41) is 16.1. The number of hydrogen-bond donors (Lipinski definition) is 3. The summed E-state index contributed by atoms with van der Waals surface area (Å²) in [7, 11) is 1.38. The van der Waals surface area contributed by atoms with E-state index in [4.69, 9.17) is 19.3 Å². The Kier molecular flexibility index (Phi) is 12.9. The van der Waals surface area contributed by atoms with E-state index in [0.717, 1.165) is 71.8 Å². The predicted molar refractivity (Wildman–Crippen MR) is 230 cm³/mol. The number of methoxy groups -OCH3 is 1. The van der Waals surface area contributed by atoms with Gasteiger partial charge in [0.15, 0.2) is 11.6 Å². The number of aromatic nitrogens is 2. The van der Waals surface area contributed by atoms with Gasteiger partial charge in [0.2, 0.25) is 0 Å². The van der Waals surface area contributed by atoms with E-state index in [2.05, 4.69) is 73.7 Å². The number of aromatic carboxylic acids is 1. The quantitative estimate of drug-likeness (QED) is 0.102. The highest BCUT2D eigenvalue weighted by molar-refractivity contribution is 5.89. The molecule has 0 amide bonds. The molecule has 12 nitrogen and oxygen atoms in total. The van der Waals surface area contributed by atoms with Gasteiger partial charge in [-0.25, -0.2) is 19.6 Å². The summed E-state index contributed by atoms with van der Waals surface area (Å²) in [6.45, 7) is 8.53. The number of carbonyl (C=O) groups is 2. The topological polar surface area (TPSA) is 138 Å². The molecule has 0 aliphatic carbocycles. The van der Waals surface area contributed by atoms with E-state index >= 15 is 0 Å². The number of benzene rings is 4. The number of pyridine rings is 2. The number of rotatable bonds is 12. The summed E-state index contributed by atoms with van der Waals surface area (Å²) in [6.07, 6.45) is 3.51. The van der Waals surface area contributed by atoms with Crippen LogP contribution in [0.25, 0.3) is 0 Å². The Morgan fingerprint density at radius 2 is 1.07 bits per heavy atom. The normalized spacial score (nSPS) is 13.8. The lowest BCUT2D eigenvalue weighted by atomic mass is 10.1. The van der Waals surface area contributed by atoms with Crippen LogP contribution >= 0.6 is 0 Å². The molecule has 4 aromatic carbocycles. The standard InChI is InChI=1S/C24H25N3O3.C23H23N3O3/c1-17(19-8-10-20(11-9-19)24(28)29-2)26-23-22-21(12-13-25-23)30-15-14-27(22)16-18-6-4-3-5-7-18;1-16(18-7-9-19(10-8-18)23(27)28)25-22-21-20(11-12-24-22)29-14-13-26(21)15-17-5-3-2-4-6-17/h3-13,17H,14-16H2,1-2H3,(H,25,26);2-12,16H,13-15H2,1H3,(H,24,25)(H,27,28)/t17-;16-/m00/s1. The number of carbonyl (C=O) groups excluding carboxylic acids is 1. The van der Waals surface area contributed by atoms with Crippen LogP contribution in [0.3, 0.4) is 0 Å². The number of hydrogen-bond acceptors (Lipinski definition) is 11. The van der Waals surface area contributed by atoms with Crippen molar-refractivity contribution in [3.8, 4) is 11.5 Å². The summed E-state index contributed by atoms with van der Waals surface area (Å²) in [6, 6.07) is 38.8. The highest BCUT2D eigenvalue weighted by atomic mass is 16.5. The highest BCUT2D eigenvalue weighted by Gasteiger charge is 2.25. The van der Waals surface area contributed by atoms with Gasteiger partial charge in [0.1, 0.15) is 36.1 Å². The zero-order valence-electron chi connectivity index (χ0n) is 33.4. The molecule has 2 atom stereocenters. The number of esters is 1. The molecule has 8 rings (SSSR count). The Morgan fingerprint density at radius 3 is 1.47 bits per heavy atom. The van der Waals surface area contributed by atoms with Gasteiger partial charge in [0, 0.05) is 37.6 Å². The average molecular weight is 793 g/mol. The molecule has 59 heavy (non-hydrogen) atoms. The lowest BCUT2D eigenvalue weighted by Crippen LogP contribution is -2.33. The van der Waals surface area contributed by atoms with Crippen molar-refractivity contribution in [2.24, 2.45) is 0 Å². The number of nitrogens with one attached hydrogen (secondary N) is 2. The first-order chi connectivity index (χ1) is 28.8. The van der Waals surface area contributed by atoms with Crippen molar-refractivity contribution in [2.45, 2.75) is 39.0 Å². The number of nitrogens with zero attached hydrogens (tertiary/aromatic N) is 4. The number of anilines is 4. The molecule has 0 saturated carbocycles. The number of carboxylic acids is 1. The monoisotopic (exact) mass is 792 g/mol. The van der Waals surface area contributed by atoms with Crippen LogP contribution in [-0.4, -0.2) is 60.4 Å². The third-order valence-electron chi connectivity index (χ3n) is 10.3. The third-order valence-corrected chi connectivity index (χ3v) is 10.3. The Balaban J connectivity index is 0.000000179. The SMILES string of the molecule is COC(=O)c1ccc([C@H](C)Nc2nccc3c2N(Cc2ccccc2)CCO3)cc1.C[C@H](Nc1nccc2c1N(Cc1ccccc1)CCO2)c1ccc(C(=O)O)cc1. The molecule has 0 bridgehead atoms. The maximum absolute atomic E-state index is 11.7. The predicted octanol–water partition coefficient (Wildman–Crippen LogP) is 8.79. The smallest absolute Gasteiger partial charge is 0.337 e. The molecule has 0 radical (unpaired) electrons. The molecule has 3 N–H and O–H groups in total. The van der Waals surface area contributed by atoms with Crippen LogP contribution in [0.5, 0.6) is 11.5 Å². The second kappa shape index (κ2) is 18.9. The van der Waals surface area contributed by atoms with Gasteiger partial charge in [0.05, 0.1) is 43.4 Å². The van der Waals surface area contributed by atoms with E-state index in [1.165, 1.54) is 18.2 Å². The summed E-state index contributed by atoms with van der Waals surface area (Å²) in [4.78, 5) is 36.5. The first-order valence-corrected chi connectivity index (χ1v) is 19.6. The summed E-state index contributed by atoms with van der Waals surface area (Å²) in [5.41, 5.74) is 7.25. The van der Waals surface area contributed by atoms with Gasteiger partial charge in [-0.2, -0.15) is 0 Å². The Labute approximate surface area is 344 Å². The molecular weight excluding hydrogens is 745 g/mol. The van der Waals surface area contributed by atoms with Gasteiger partial charge < -0.3 is 39.8 Å². The van der Waals surface area contributed by atoms with Crippen LogP contribution in [0, 0.1) is 0 Å². The van der Waals surface area contributed by atoms with E-state index < -0.39 is 5.97 Å². The fourth-order valence-corrected chi connectivity index (χ4v) is 7.12. The van der Waals surface area contributed by atoms with Crippen LogP contribution in [0.15, 0.2) is 134 Å². The number of ether oxygens (including phenoxy) is 3. The molecule has 2 aliphatic rings. The van der Waals surface area contributed by atoms with Gasteiger partial charge in [-0.3, -0.25) is 0 Å². The second-order valence-corrected chi connectivity index (χ2v) is 14.3. The van der Waals surface area contributed by atoms with Crippen molar-refractivity contribution < 1.29 is 28.9 Å². The summed E-state index contributed by atoms with van der Waals surface area (Å²) >= 11 is 0. The summed E-state index contributed by atoms with van der Waals surface area (Å²) in [5.74, 6) is 1.93. The lowest BCUT2D eigenvalue weighted by Gasteiger charge is -2.33. The van der Waals surface area contributed by atoms with Crippen LogP contribution in [-0.2, 0) is 17.8 Å². The first kappa shape index (κ1) is 40.1.